The summed E-state index contributed by atoms with van der Waals surface area (Å²) in [5.41, 5.74) is 2.32. The van der Waals surface area contributed by atoms with Gasteiger partial charge >= 0.3 is 0 Å². The molecule has 1 aromatic heterocycles. The molecule has 1 aromatic carbocycles. The van der Waals surface area contributed by atoms with E-state index >= 15 is 0 Å². The van der Waals surface area contributed by atoms with Crippen LogP contribution in [0.25, 0.3) is 5.69 Å². The van der Waals surface area contributed by atoms with Crippen molar-refractivity contribution < 1.29 is 0 Å². The van der Waals surface area contributed by atoms with Gasteiger partial charge in [-0.1, -0.05) is 28.9 Å². The van der Waals surface area contributed by atoms with Crippen molar-refractivity contribution in [3.05, 3.63) is 46.0 Å². The van der Waals surface area contributed by atoms with E-state index in [1.807, 2.05) is 30.3 Å². The molecule has 0 bridgehead atoms. The molecule has 2 rings (SSSR count). The Morgan fingerprint density at radius 2 is 2.15 bits per heavy atom. The van der Waals surface area contributed by atoms with Gasteiger partial charge in [0, 0.05) is 16.7 Å². The Balaban J connectivity index is 2.40. The molecule has 5 nitrogen and oxygen atoms in total. The van der Waals surface area contributed by atoms with Crippen molar-refractivity contribution in [2.45, 2.75) is 13.5 Å². The fourth-order valence-electron chi connectivity index (χ4n) is 1.82. The first-order chi connectivity index (χ1) is 9.71. The van der Waals surface area contributed by atoms with Gasteiger partial charge in [0.05, 0.1) is 0 Å². The van der Waals surface area contributed by atoms with Crippen LogP contribution in [0.3, 0.4) is 0 Å². The highest BCUT2D eigenvalue weighted by atomic mass is 79.9. The number of nitrogens with one attached hydrogen (secondary N) is 1. The largest absolute Gasteiger partial charge is 0.313 e. The van der Waals surface area contributed by atoms with Crippen molar-refractivity contribution in [3.63, 3.8) is 0 Å². The van der Waals surface area contributed by atoms with Crippen molar-refractivity contribution in [2.75, 3.05) is 6.54 Å². The Hall–Kier alpha value is -2.15. The van der Waals surface area contributed by atoms with Gasteiger partial charge in [0.25, 0.3) is 0 Å². The van der Waals surface area contributed by atoms with Crippen molar-refractivity contribution in [1.29, 1.82) is 10.5 Å². The van der Waals surface area contributed by atoms with E-state index in [0.29, 0.717) is 0 Å². The summed E-state index contributed by atoms with van der Waals surface area (Å²) in [5.74, 6) is 0. The molecule has 0 amide bonds. The lowest BCUT2D eigenvalue weighted by Gasteiger charge is -2.09. The van der Waals surface area contributed by atoms with Crippen molar-refractivity contribution >= 4 is 15.9 Å². The van der Waals surface area contributed by atoms with Gasteiger partial charge in [-0.25, -0.2) is 4.98 Å². The highest BCUT2D eigenvalue weighted by Gasteiger charge is 2.12. The zero-order chi connectivity index (χ0) is 14.5. The number of halogens is 1. The van der Waals surface area contributed by atoms with E-state index in [4.69, 9.17) is 10.5 Å². The Kier molecular flexibility index (Phi) is 4.52. The molecule has 20 heavy (non-hydrogen) atoms. The maximum atomic E-state index is 9.14. The van der Waals surface area contributed by atoms with Gasteiger partial charge in [-0.15, -0.1) is 0 Å². The third kappa shape index (κ3) is 2.72. The first-order valence-corrected chi connectivity index (χ1v) is 6.87. The summed E-state index contributed by atoms with van der Waals surface area (Å²) in [6, 6.07) is 9.73. The van der Waals surface area contributed by atoms with E-state index in [-0.39, 0.29) is 11.4 Å². The average molecular weight is 330 g/mol. The molecule has 0 aliphatic rings. The smallest absolute Gasteiger partial charge is 0.177 e. The van der Waals surface area contributed by atoms with E-state index in [1.165, 1.54) is 6.33 Å². The second-order valence-corrected chi connectivity index (χ2v) is 4.95. The maximum Gasteiger partial charge on any atom is 0.177 e. The van der Waals surface area contributed by atoms with Crippen LogP contribution < -0.4 is 5.32 Å². The van der Waals surface area contributed by atoms with E-state index in [1.54, 1.807) is 4.57 Å². The van der Waals surface area contributed by atoms with E-state index in [2.05, 4.69) is 33.2 Å². The molecule has 1 N–H and O–H groups in total. The Bertz CT molecular complexity index is 705. The van der Waals surface area contributed by atoms with Crippen LogP contribution in [-0.4, -0.2) is 16.1 Å². The van der Waals surface area contributed by atoms with Crippen LogP contribution in [0, 0.1) is 22.7 Å². The van der Waals surface area contributed by atoms with Gasteiger partial charge in [-0.2, -0.15) is 10.5 Å². The lowest BCUT2D eigenvalue weighted by atomic mass is 10.2. The summed E-state index contributed by atoms with van der Waals surface area (Å²) in [4.78, 5) is 3.94. The van der Waals surface area contributed by atoms with Gasteiger partial charge in [-0.3, -0.25) is 4.57 Å². The van der Waals surface area contributed by atoms with Gasteiger partial charge in [-0.05, 0) is 24.2 Å². The number of hydrogen-bond acceptors (Lipinski definition) is 4. The zero-order valence-corrected chi connectivity index (χ0v) is 12.5. The predicted molar refractivity (Wildman–Crippen MR) is 78.1 cm³/mol. The van der Waals surface area contributed by atoms with E-state index in [0.717, 1.165) is 28.8 Å². The van der Waals surface area contributed by atoms with Gasteiger partial charge in [0.15, 0.2) is 11.4 Å². The van der Waals surface area contributed by atoms with E-state index < -0.39 is 0 Å². The number of nitrogens with zero attached hydrogens (tertiary/aromatic N) is 4. The summed E-state index contributed by atoms with van der Waals surface area (Å²) in [5, 5.41) is 21.3. The van der Waals surface area contributed by atoms with Crippen molar-refractivity contribution in [1.82, 2.24) is 14.9 Å². The fourth-order valence-corrected chi connectivity index (χ4v) is 2.33. The summed E-state index contributed by atoms with van der Waals surface area (Å²) >= 11 is 3.52. The molecule has 0 saturated heterocycles. The fraction of sp³-hybridized carbons (Fsp3) is 0.214. The minimum atomic E-state index is 0.139. The van der Waals surface area contributed by atoms with Crippen LogP contribution >= 0.6 is 15.9 Å². The van der Waals surface area contributed by atoms with Crippen molar-refractivity contribution in [3.8, 4) is 17.8 Å². The van der Waals surface area contributed by atoms with Crippen LogP contribution in [0.15, 0.2) is 29.0 Å². The maximum absolute atomic E-state index is 9.14. The number of aromatic nitrogens is 2. The third-order valence-corrected chi connectivity index (χ3v) is 3.60. The first-order valence-electron chi connectivity index (χ1n) is 6.08. The molecule has 0 atom stereocenters. The minimum absolute atomic E-state index is 0.139. The number of hydrogen-bond donors (Lipinski definition) is 1. The van der Waals surface area contributed by atoms with Crippen LogP contribution in [0.4, 0.5) is 0 Å². The minimum Gasteiger partial charge on any atom is -0.313 e. The number of benzene rings is 1. The molecule has 0 aliphatic heterocycles. The summed E-state index contributed by atoms with van der Waals surface area (Å²) in [6.07, 6.45) is 1.49. The third-order valence-electron chi connectivity index (χ3n) is 2.86. The van der Waals surface area contributed by atoms with Gasteiger partial charge in [0.1, 0.15) is 18.5 Å². The highest BCUT2D eigenvalue weighted by molar-refractivity contribution is 9.10. The molecular weight excluding hydrogens is 318 g/mol. The molecule has 2 aromatic rings. The van der Waals surface area contributed by atoms with E-state index in [9.17, 15) is 0 Å². The second kappa shape index (κ2) is 6.33. The standard InChI is InChI=1S/C14H12BrN5/c1-2-18-8-10-3-4-11(5-12(10)15)20-9-19-13(6-16)14(20)7-17/h3-5,9,18H,2,8H2,1H3. The normalized spacial score (nSPS) is 10.0. The molecule has 0 fully saturated rings. The van der Waals surface area contributed by atoms with Gasteiger partial charge in [0.2, 0.25) is 0 Å². The monoisotopic (exact) mass is 329 g/mol. The first kappa shape index (κ1) is 14.3. The topological polar surface area (TPSA) is 77.4 Å². The Morgan fingerprint density at radius 1 is 1.35 bits per heavy atom. The number of imidazole rings is 1. The molecule has 0 aliphatic carbocycles. The van der Waals surface area contributed by atoms with Crippen LogP contribution in [0.1, 0.15) is 23.9 Å². The molecule has 100 valence electrons. The summed E-state index contributed by atoms with van der Waals surface area (Å²) in [7, 11) is 0. The lowest BCUT2D eigenvalue weighted by Crippen LogP contribution is -2.12. The summed E-state index contributed by atoms with van der Waals surface area (Å²) < 4.78 is 2.56. The second-order valence-electron chi connectivity index (χ2n) is 4.09. The molecule has 0 spiro atoms. The zero-order valence-electron chi connectivity index (χ0n) is 10.9. The van der Waals surface area contributed by atoms with Crippen LogP contribution in [0.5, 0.6) is 0 Å². The van der Waals surface area contributed by atoms with Crippen molar-refractivity contribution in [2.24, 2.45) is 0 Å². The number of nitriles is 2. The average Bonchev–Trinajstić information content (AvgIpc) is 2.88. The molecular formula is C14H12BrN5. The number of rotatable bonds is 4. The van der Waals surface area contributed by atoms with Gasteiger partial charge < -0.3 is 5.32 Å². The Labute approximate surface area is 125 Å². The highest BCUT2D eigenvalue weighted by Crippen LogP contribution is 2.22. The SMILES string of the molecule is CCNCc1ccc(-n2cnc(C#N)c2C#N)cc1Br. The van der Waals surface area contributed by atoms with Crippen LogP contribution in [-0.2, 0) is 6.54 Å². The lowest BCUT2D eigenvalue weighted by molar-refractivity contribution is 0.724. The predicted octanol–water partition coefficient (Wildman–Crippen LogP) is 2.49. The molecule has 0 saturated carbocycles. The Morgan fingerprint density at radius 3 is 2.75 bits per heavy atom. The molecule has 0 radical (unpaired) electrons. The molecule has 6 heteroatoms. The summed E-state index contributed by atoms with van der Waals surface area (Å²) in [6.45, 7) is 3.73. The van der Waals surface area contributed by atoms with Crippen LogP contribution in [0.2, 0.25) is 0 Å². The molecule has 0 unspecified atom stereocenters. The quantitative estimate of drug-likeness (QED) is 0.934. The molecule has 1 heterocycles.